The fraction of sp³-hybridized carbons (Fsp3) is 0.333. The Kier molecular flexibility index (Phi) is 3.94. The first-order chi connectivity index (χ1) is 8.97. The molecule has 0 heterocycles. The fourth-order valence-electron chi connectivity index (χ4n) is 2.43. The van der Waals surface area contributed by atoms with Gasteiger partial charge in [0.1, 0.15) is 0 Å². The maximum absolute atomic E-state index is 3.57. The second-order valence-corrected chi connectivity index (χ2v) is 5.53. The molecule has 0 radical (unpaired) electrons. The minimum atomic E-state index is 0.321. The lowest BCUT2D eigenvalue weighted by molar-refractivity contribution is 0.870. The summed E-state index contributed by atoms with van der Waals surface area (Å²) in [5, 5.41) is 3.57. The molecule has 0 amide bonds. The molecule has 0 aromatic heterocycles. The number of nitrogens with one attached hydrogen (secondary N) is 1. The maximum Gasteiger partial charge on any atom is 0.0488 e. The van der Waals surface area contributed by atoms with E-state index in [9.17, 15) is 0 Å². The maximum atomic E-state index is 3.57. The molecular weight excluding hydrogens is 230 g/mol. The van der Waals surface area contributed by atoms with E-state index in [-0.39, 0.29) is 0 Å². The zero-order chi connectivity index (χ0) is 14.0. The van der Waals surface area contributed by atoms with E-state index in [1.165, 1.54) is 33.5 Å². The van der Waals surface area contributed by atoms with Crippen molar-refractivity contribution < 1.29 is 0 Å². The van der Waals surface area contributed by atoms with Gasteiger partial charge in [0.25, 0.3) is 0 Å². The van der Waals surface area contributed by atoms with Crippen molar-refractivity contribution in [1.82, 2.24) is 0 Å². The van der Waals surface area contributed by atoms with Crippen LogP contribution in [0, 0.1) is 27.7 Å². The molecule has 0 aliphatic carbocycles. The zero-order valence-electron chi connectivity index (χ0n) is 12.5. The molecule has 0 aliphatic rings. The van der Waals surface area contributed by atoms with Crippen LogP contribution < -0.4 is 5.32 Å². The van der Waals surface area contributed by atoms with Crippen molar-refractivity contribution in [2.24, 2.45) is 0 Å². The molecule has 2 rings (SSSR count). The van der Waals surface area contributed by atoms with Crippen LogP contribution in [0.2, 0.25) is 0 Å². The summed E-state index contributed by atoms with van der Waals surface area (Å²) < 4.78 is 0. The largest absolute Gasteiger partial charge is 0.379 e. The monoisotopic (exact) mass is 253 g/mol. The van der Waals surface area contributed by atoms with Gasteiger partial charge in [0.2, 0.25) is 0 Å². The average Bonchev–Trinajstić information content (AvgIpc) is 2.36. The predicted molar refractivity (Wildman–Crippen MR) is 83.9 cm³/mol. The second-order valence-electron chi connectivity index (χ2n) is 5.53. The highest BCUT2D eigenvalue weighted by molar-refractivity contribution is 5.48. The predicted octanol–water partition coefficient (Wildman–Crippen LogP) is 5.09. The van der Waals surface area contributed by atoms with Crippen molar-refractivity contribution in [3.8, 4) is 0 Å². The Bertz CT molecular complexity index is 567. The summed E-state index contributed by atoms with van der Waals surface area (Å²) in [6, 6.07) is 13.5. The Labute approximate surface area is 116 Å². The smallest absolute Gasteiger partial charge is 0.0488 e. The molecule has 1 unspecified atom stereocenters. The first kappa shape index (κ1) is 13.7. The highest BCUT2D eigenvalue weighted by atomic mass is 14.9. The third-order valence-corrected chi connectivity index (χ3v) is 3.78. The number of hydrogen-bond acceptors (Lipinski definition) is 1. The van der Waals surface area contributed by atoms with Gasteiger partial charge in [-0.2, -0.15) is 0 Å². The first-order valence-electron chi connectivity index (χ1n) is 6.88. The number of anilines is 1. The van der Waals surface area contributed by atoms with Crippen LogP contribution in [-0.2, 0) is 0 Å². The summed E-state index contributed by atoms with van der Waals surface area (Å²) in [5.41, 5.74) is 7.93. The molecule has 2 aromatic rings. The average molecular weight is 253 g/mol. The van der Waals surface area contributed by atoms with Crippen molar-refractivity contribution in [2.75, 3.05) is 5.32 Å². The molecule has 0 fully saturated rings. The molecule has 1 nitrogen and oxygen atoms in total. The Morgan fingerprint density at radius 2 is 1.37 bits per heavy atom. The van der Waals surface area contributed by atoms with Crippen LogP contribution in [0.25, 0.3) is 0 Å². The van der Waals surface area contributed by atoms with Crippen LogP contribution >= 0.6 is 0 Å². The minimum Gasteiger partial charge on any atom is -0.379 e. The van der Waals surface area contributed by atoms with Gasteiger partial charge < -0.3 is 5.32 Å². The van der Waals surface area contributed by atoms with E-state index in [2.05, 4.69) is 76.3 Å². The van der Waals surface area contributed by atoms with Crippen LogP contribution in [0.3, 0.4) is 0 Å². The Morgan fingerprint density at radius 3 is 2.00 bits per heavy atom. The van der Waals surface area contributed by atoms with Crippen LogP contribution in [0.15, 0.2) is 36.4 Å². The lowest BCUT2D eigenvalue weighted by Crippen LogP contribution is -2.09. The summed E-state index contributed by atoms with van der Waals surface area (Å²) in [4.78, 5) is 0. The van der Waals surface area contributed by atoms with Crippen LogP contribution in [0.4, 0.5) is 5.69 Å². The Morgan fingerprint density at radius 1 is 0.789 bits per heavy atom. The molecule has 1 N–H and O–H groups in total. The van der Waals surface area contributed by atoms with E-state index in [0.29, 0.717) is 6.04 Å². The van der Waals surface area contributed by atoms with Gasteiger partial charge in [-0.25, -0.2) is 0 Å². The van der Waals surface area contributed by atoms with Gasteiger partial charge in [-0.3, -0.25) is 0 Å². The molecule has 0 saturated carbocycles. The third kappa shape index (κ3) is 3.17. The van der Waals surface area contributed by atoms with Crippen LogP contribution in [0.1, 0.15) is 40.8 Å². The topological polar surface area (TPSA) is 12.0 Å². The standard InChI is InChI=1S/C18H23N/c1-12-6-8-17(9-7-12)19-16(5)18-11-14(3)13(2)10-15(18)4/h6-11,16,19H,1-5H3. The van der Waals surface area contributed by atoms with E-state index < -0.39 is 0 Å². The highest BCUT2D eigenvalue weighted by Crippen LogP contribution is 2.25. The van der Waals surface area contributed by atoms with Gasteiger partial charge >= 0.3 is 0 Å². The molecule has 0 bridgehead atoms. The molecule has 0 saturated heterocycles. The van der Waals surface area contributed by atoms with Gasteiger partial charge in [0, 0.05) is 11.7 Å². The lowest BCUT2D eigenvalue weighted by Gasteiger charge is -2.19. The summed E-state index contributed by atoms with van der Waals surface area (Å²) in [6.07, 6.45) is 0. The zero-order valence-corrected chi connectivity index (χ0v) is 12.5. The van der Waals surface area contributed by atoms with Crippen LogP contribution in [0.5, 0.6) is 0 Å². The molecule has 0 spiro atoms. The summed E-state index contributed by atoms with van der Waals surface area (Å²) in [6.45, 7) is 10.9. The van der Waals surface area contributed by atoms with E-state index in [1.807, 2.05) is 0 Å². The minimum absolute atomic E-state index is 0.321. The van der Waals surface area contributed by atoms with E-state index in [0.717, 1.165) is 0 Å². The fourth-order valence-corrected chi connectivity index (χ4v) is 2.43. The number of benzene rings is 2. The van der Waals surface area contributed by atoms with Gasteiger partial charge in [0.15, 0.2) is 0 Å². The quantitative estimate of drug-likeness (QED) is 0.803. The number of hydrogen-bond donors (Lipinski definition) is 1. The van der Waals surface area contributed by atoms with Crippen molar-refractivity contribution in [1.29, 1.82) is 0 Å². The molecule has 19 heavy (non-hydrogen) atoms. The van der Waals surface area contributed by atoms with E-state index in [4.69, 9.17) is 0 Å². The van der Waals surface area contributed by atoms with Crippen molar-refractivity contribution in [3.63, 3.8) is 0 Å². The van der Waals surface area contributed by atoms with Crippen molar-refractivity contribution >= 4 is 5.69 Å². The van der Waals surface area contributed by atoms with Gasteiger partial charge in [-0.05, 0) is 69.0 Å². The molecule has 1 atom stereocenters. The molecular formula is C18H23N. The van der Waals surface area contributed by atoms with Gasteiger partial charge in [0.05, 0.1) is 0 Å². The van der Waals surface area contributed by atoms with Crippen LogP contribution in [-0.4, -0.2) is 0 Å². The SMILES string of the molecule is Cc1ccc(NC(C)c2cc(C)c(C)cc2C)cc1. The first-order valence-corrected chi connectivity index (χ1v) is 6.88. The van der Waals surface area contributed by atoms with E-state index >= 15 is 0 Å². The van der Waals surface area contributed by atoms with Gasteiger partial charge in [-0.15, -0.1) is 0 Å². The van der Waals surface area contributed by atoms with Crippen molar-refractivity contribution in [3.05, 3.63) is 64.2 Å². The molecule has 2 aromatic carbocycles. The molecule has 0 aliphatic heterocycles. The second kappa shape index (κ2) is 5.48. The van der Waals surface area contributed by atoms with E-state index in [1.54, 1.807) is 0 Å². The summed E-state index contributed by atoms with van der Waals surface area (Å²) >= 11 is 0. The van der Waals surface area contributed by atoms with Gasteiger partial charge in [-0.1, -0.05) is 29.8 Å². The summed E-state index contributed by atoms with van der Waals surface area (Å²) in [5.74, 6) is 0. The number of aryl methyl sites for hydroxylation is 4. The van der Waals surface area contributed by atoms with Crippen molar-refractivity contribution in [2.45, 2.75) is 40.7 Å². The Balaban J connectivity index is 2.22. The third-order valence-electron chi connectivity index (χ3n) is 3.78. The lowest BCUT2D eigenvalue weighted by atomic mass is 9.96. The Hall–Kier alpha value is -1.76. The molecule has 100 valence electrons. The normalized spacial score (nSPS) is 12.3. The highest BCUT2D eigenvalue weighted by Gasteiger charge is 2.09. The molecule has 1 heteroatoms. The number of rotatable bonds is 3. The summed E-state index contributed by atoms with van der Waals surface area (Å²) in [7, 11) is 0.